The van der Waals surface area contributed by atoms with Crippen molar-refractivity contribution < 1.29 is 27.2 Å². The topological polar surface area (TPSA) is 138 Å². The Bertz CT molecular complexity index is 1320. The third kappa shape index (κ3) is 5.42. The van der Waals surface area contributed by atoms with Gasteiger partial charge in [0.15, 0.2) is 0 Å². The Kier molecular flexibility index (Phi) is 6.72. The fraction of sp³-hybridized carbons (Fsp3) is 0.208. The standard InChI is InChI=1S/C24H24N4O6S/c1-24(14-13-17-6-3-2-4-7-17)22(30)28(23(31)26-24)27-21(29)18-9-11-20(12-10-18)35(32,33)25-16-19-8-5-15-34-19/h2-12,15,25H,13-14,16H2,1H3,(H,26,31)(H,27,29)/t24-/m1/s1. The van der Waals surface area contributed by atoms with Gasteiger partial charge in [-0.1, -0.05) is 30.3 Å². The van der Waals surface area contributed by atoms with Crippen LogP contribution in [0, 0.1) is 0 Å². The zero-order valence-corrected chi connectivity index (χ0v) is 19.7. The van der Waals surface area contributed by atoms with Crippen molar-refractivity contribution >= 4 is 27.9 Å². The number of nitrogens with one attached hydrogen (secondary N) is 3. The lowest BCUT2D eigenvalue weighted by Gasteiger charge is -2.21. The number of rotatable bonds is 9. The van der Waals surface area contributed by atoms with E-state index in [1.54, 1.807) is 19.1 Å². The van der Waals surface area contributed by atoms with Crippen LogP contribution in [-0.2, 0) is 27.8 Å². The minimum atomic E-state index is -3.83. The normalized spacial score (nSPS) is 17.9. The van der Waals surface area contributed by atoms with Crippen molar-refractivity contribution in [3.05, 3.63) is 89.9 Å². The van der Waals surface area contributed by atoms with Crippen LogP contribution in [0.4, 0.5) is 4.79 Å². The van der Waals surface area contributed by atoms with E-state index in [4.69, 9.17) is 4.42 Å². The molecule has 2 aromatic carbocycles. The van der Waals surface area contributed by atoms with Gasteiger partial charge < -0.3 is 9.73 Å². The summed E-state index contributed by atoms with van der Waals surface area (Å²) in [6.07, 6.45) is 2.36. The number of carbonyl (C=O) groups excluding carboxylic acids is 3. The molecule has 3 aromatic rings. The van der Waals surface area contributed by atoms with Gasteiger partial charge in [-0.3, -0.25) is 15.0 Å². The van der Waals surface area contributed by atoms with Gasteiger partial charge in [-0.25, -0.2) is 17.9 Å². The second-order valence-corrected chi connectivity index (χ2v) is 10.0. The Labute approximate surface area is 202 Å². The van der Waals surface area contributed by atoms with Crippen LogP contribution in [0.15, 0.2) is 82.3 Å². The molecule has 0 unspecified atom stereocenters. The van der Waals surface area contributed by atoms with Gasteiger partial charge in [0.1, 0.15) is 11.3 Å². The van der Waals surface area contributed by atoms with Crippen LogP contribution >= 0.6 is 0 Å². The SMILES string of the molecule is C[C@]1(CCc2ccccc2)NC(=O)N(NC(=O)c2ccc(S(=O)(=O)NCc3ccco3)cc2)C1=O. The van der Waals surface area contributed by atoms with Crippen LogP contribution in [0.2, 0.25) is 0 Å². The van der Waals surface area contributed by atoms with Gasteiger partial charge in [0, 0.05) is 5.56 Å². The predicted octanol–water partition coefficient (Wildman–Crippen LogP) is 2.35. The molecule has 1 fully saturated rings. The summed E-state index contributed by atoms with van der Waals surface area (Å²) in [5, 5.41) is 3.29. The molecule has 0 saturated carbocycles. The molecular weight excluding hydrogens is 472 g/mol. The average molecular weight is 497 g/mol. The van der Waals surface area contributed by atoms with Crippen molar-refractivity contribution in [1.82, 2.24) is 20.5 Å². The lowest BCUT2D eigenvalue weighted by atomic mass is 9.93. The van der Waals surface area contributed by atoms with E-state index >= 15 is 0 Å². The fourth-order valence-electron chi connectivity index (χ4n) is 3.61. The number of hydrogen-bond acceptors (Lipinski definition) is 6. The molecular formula is C24H24N4O6S. The highest BCUT2D eigenvalue weighted by molar-refractivity contribution is 7.89. The maximum absolute atomic E-state index is 12.9. The first-order valence-electron chi connectivity index (χ1n) is 10.8. The Morgan fingerprint density at radius 2 is 1.74 bits per heavy atom. The monoisotopic (exact) mass is 496 g/mol. The smallest absolute Gasteiger partial charge is 0.344 e. The molecule has 0 bridgehead atoms. The van der Waals surface area contributed by atoms with Crippen molar-refractivity contribution in [2.75, 3.05) is 0 Å². The Balaban J connectivity index is 1.38. The Morgan fingerprint density at radius 3 is 2.40 bits per heavy atom. The van der Waals surface area contributed by atoms with Gasteiger partial charge in [-0.05, 0) is 61.7 Å². The highest BCUT2D eigenvalue weighted by Gasteiger charge is 2.48. The minimum Gasteiger partial charge on any atom is -0.468 e. The molecule has 1 atom stereocenters. The number of carbonyl (C=O) groups is 3. The molecule has 1 aromatic heterocycles. The number of hydrogen-bond donors (Lipinski definition) is 3. The Hall–Kier alpha value is -3.96. The molecule has 0 spiro atoms. The van der Waals surface area contributed by atoms with E-state index in [1.165, 1.54) is 30.5 Å². The van der Waals surface area contributed by atoms with E-state index in [-0.39, 0.29) is 17.0 Å². The van der Waals surface area contributed by atoms with E-state index in [2.05, 4.69) is 15.5 Å². The summed E-state index contributed by atoms with van der Waals surface area (Å²) in [7, 11) is -3.83. The van der Waals surface area contributed by atoms with Crippen LogP contribution < -0.4 is 15.5 Å². The number of aryl methyl sites for hydroxylation is 1. The summed E-state index contributed by atoms with van der Waals surface area (Å²) in [6.45, 7) is 1.59. The van der Waals surface area contributed by atoms with Crippen LogP contribution in [0.1, 0.15) is 35.0 Å². The summed E-state index contributed by atoms with van der Waals surface area (Å²) >= 11 is 0. The zero-order chi connectivity index (χ0) is 25.1. The molecule has 4 amide bonds. The van der Waals surface area contributed by atoms with E-state index < -0.39 is 33.4 Å². The van der Waals surface area contributed by atoms with Crippen molar-refractivity contribution in [3.63, 3.8) is 0 Å². The maximum atomic E-state index is 12.9. The second-order valence-electron chi connectivity index (χ2n) is 8.26. The quantitative estimate of drug-likeness (QED) is 0.389. The average Bonchev–Trinajstić information content (AvgIpc) is 3.45. The first-order valence-corrected chi connectivity index (χ1v) is 12.3. The number of furan rings is 1. The summed E-state index contributed by atoms with van der Waals surface area (Å²) in [4.78, 5) is 37.9. The van der Waals surface area contributed by atoms with Crippen molar-refractivity contribution in [2.45, 2.75) is 36.7 Å². The maximum Gasteiger partial charge on any atom is 0.344 e. The molecule has 1 aliphatic heterocycles. The van der Waals surface area contributed by atoms with E-state index in [0.717, 1.165) is 5.56 Å². The molecule has 3 N–H and O–H groups in total. The lowest BCUT2D eigenvalue weighted by molar-refractivity contribution is -0.132. The third-order valence-electron chi connectivity index (χ3n) is 5.67. The molecule has 0 radical (unpaired) electrons. The zero-order valence-electron chi connectivity index (χ0n) is 18.9. The largest absolute Gasteiger partial charge is 0.468 e. The molecule has 35 heavy (non-hydrogen) atoms. The molecule has 11 heteroatoms. The van der Waals surface area contributed by atoms with Crippen LogP contribution in [0.5, 0.6) is 0 Å². The number of amides is 4. The van der Waals surface area contributed by atoms with Gasteiger partial charge in [0.25, 0.3) is 11.8 Å². The molecule has 1 aliphatic rings. The highest BCUT2D eigenvalue weighted by atomic mass is 32.2. The van der Waals surface area contributed by atoms with Crippen molar-refractivity contribution in [1.29, 1.82) is 0 Å². The molecule has 10 nitrogen and oxygen atoms in total. The fourth-order valence-corrected chi connectivity index (χ4v) is 4.60. The number of sulfonamides is 1. The number of nitrogens with zero attached hydrogens (tertiary/aromatic N) is 1. The molecule has 1 saturated heterocycles. The van der Waals surface area contributed by atoms with Crippen LogP contribution in [0.25, 0.3) is 0 Å². The molecule has 4 rings (SSSR count). The summed E-state index contributed by atoms with van der Waals surface area (Å²) in [5.41, 5.74) is 2.23. The first-order chi connectivity index (χ1) is 16.7. The predicted molar refractivity (Wildman–Crippen MR) is 125 cm³/mol. The van der Waals surface area contributed by atoms with Gasteiger partial charge in [-0.2, -0.15) is 5.01 Å². The van der Waals surface area contributed by atoms with Gasteiger partial charge in [0.2, 0.25) is 10.0 Å². The van der Waals surface area contributed by atoms with Crippen molar-refractivity contribution in [3.8, 4) is 0 Å². The van der Waals surface area contributed by atoms with Gasteiger partial charge in [-0.15, -0.1) is 0 Å². The Morgan fingerprint density at radius 1 is 1.03 bits per heavy atom. The second kappa shape index (κ2) is 9.72. The van der Waals surface area contributed by atoms with Crippen molar-refractivity contribution in [2.24, 2.45) is 0 Å². The number of urea groups is 1. The van der Waals surface area contributed by atoms with Gasteiger partial charge in [0.05, 0.1) is 17.7 Å². The first kappa shape index (κ1) is 24.2. The van der Waals surface area contributed by atoms with Gasteiger partial charge >= 0.3 is 6.03 Å². The summed E-state index contributed by atoms with van der Waals surface area (Å²) in [6, 6.07) is 17.2. The van der Waals surface area contributed by atoms with Crippen LogP contribution in [-0.4, -0.2) is 36.8 Å². The number of imide groups is 1. The molecule has 0 aliphatic carbocycles. The minimum absolute atomic E-state index is 0.0210. The molecule has 182 valence electrons. The number of hydrazine groups is 1. The van der Waals surface area contributed by atoms with E-state index in [9.17, 15) is 22.8 Å². The van der Waals surface area contributed by atoms with E-state index in [1.807, 2.05) is 30.3 Å². The molecule has 2 heterocycles. The summed E-state index contributed by atoms with van der Waals surface area (Å²) < 4.78 is 32.4. The highest BCUT2D eigenvalue weighted by Crippen LogP contribution is 2.22. The third-order valence-corrected chi connectivity index (χ3v) is 7.09. The van der Waals surface area contributed by atoms with Crippen LogP contribution in [0.3, 0.4) is 0 Å². The summed E-state index contributed by atoms with van der Waals surface area (Å²) in [5.74, 6) is -0.852. The number of benzene rings is 2. The van der Waals surface area contributed by atoms with E-state index in [0.29, 0.717) is 23.6 Å². The lowest BCUT2D eigenvalue weighted by Crippen LogP contribution is -2.48.